The van der Waals surface area contributed by atoms with Crippen LogP contribution in [0.5, 0.6) is 0 Å². The van der Waals surface area contributed by atoms with E-state index >= 15 is 0 Å². The Kier molecular flexibility index (Phi) is 7.30. The van der Waals surface area contributed by atoms with Crippen LogP contribution in [-0.4, -0.2) is 32.3 Å². The lowest BCUT2D eigenvalue weighted by molar-refractivity contribution is -0.114. The number of rotatable bonds is 7. The molecule has 4 aromatic rings. The van der Waals surface area contributed by atoms with Gasteiger partial charge in [-0.2, -0.15) is 0 Å². The van der Waals surface area contributed by atoms with Crippen molar-refractivity contribution in [2.24, 2.45) is 0 Å². The lowest BCUT2D eigenvalue weighted by atomic mass is 10.1. The Labute approximate surface area is 206 Å². The molecule has 0 aliphatic carbocycles. The lowest BCUT2D eigenvalue weighted by Gasteiger charge is -2.11. The molecule has 4 rings (SSSR count). The van der Waals surface area contributed by atoms with Crippen molar-refractivity contribution in [3.8, 4) is 17.1 Å². The van der Waals surface area contributed by atoms with E-state index in [-0.39, 0.29) is 17.6 Å². The van der Waals surface area contributed by atoms with Gasteiger partial charge in [-0.1, -0.05) is 53.2 Å². The average molecular weight is 492 g/mol. The molecule has 0 spiro atoms. The van der Waals surface area contributed by atoms with E-state index in [4.69, 9.17) is 11.6 Å². The molecule has 0 saturated heterocycles. The Bertz CT molecular complexity index is 1340. The van der Waals surface area contributed by atoms with Crippen LogP contribution in [0.1, 0.15) is 12.5 Å². The molecule has 0 unspecified atom stereocenters. The summed E-state index contributed by atoms with van der Waals surface area (Å²) in [4.78, 5) is 23.9. The molecule has 7 nitrogen and oxygen atoms in total. The highest BCUT2D eigenvalue weighted by molar-refractivity contribution is 7.99. The topological polar surface area (TPSA) is 88.9 Å². The van der Waals surface area contributed by atoms with Crippen molar-refractivity contribution in [1.82, 2.24) is 14.8 Å². The number of amides is 2. The minimum Gasteiger partial charge on any atom is -0.326 e. The van der Waals surface area contributed by atoms with Gasteiger partial charge in [0.05, 0.1) is 5.75 Å². The Hall–Kier alpha value is -3.62. The minimum atomic E-state index is -0.201. The fourth-order valence-electron chi connectivity index (χ4n) is 3.36. The Morgan fingerprint density at radius 1 is 0.941 bits per heavy atom. The molecular weight excluding hydrogens is 470 g/mol. The number of carbonyl (C=O) groups excluding carboxylic acids is 2. The van der Waals surface area contributed by atoms with Gasteiger partial charge in [0.1, 0.15) is 0 Å². The number of benzene rings is 3. The van der Waals surface area contributed by atoms with E-state index in [9.17, 15) is 9.59 Å². The second-order valence-electron chi connectivity index (χ2n) is 7.59. The predicted octanol–water partition coefficient (Wildman–Crippen LogP) is 5.59. The van der Waals surface area contributed by atoms with Crippen molar-refractivity contribution in [3.63, 3.8) is 0 Å². The standard InChI is InChI=1S/C25H22ClN5O2S/c1-16-5-3-6-18(13-16)24-29-30-25(31(24)22-11-9-19(26)10-12-22)34-15-23(33)28-21-8-4-7-20(14-21)27-17(2)32/h3-14H,15H2,1-2H3,(H,27,32)(H,28,33). The number of aryl methyl sites for hydroxylation is 1. The number of thioether (sulfide) groups is 1. The van der Waals surface area contributed by atoms with Crippen molar-refractivity contribution in [2.45, 2.75) is 19.0 Å². The molecule has 1 aromatic heterocycles. The monoisotopic (exact) mass is 491 g/mol. The molecule has 0 atom stereocenters. The molecule has 9 heteroatoms. The Balaban J connectivity index is 1.55. The molecule has 34 heavy (non-hydrogen) atoms. The normalized spacial score (nSPS) is 10.7. The smallest absolute Gasteiger partial charge is 0.234 e. The summed E-state index contributed by atoms with van der Waals surface area (Å²) in [5.41, 5.74) is 4.09. The van der Waals surface area contributed by atoms with Crippen LogP contribution in [0.25, 0.3) is 17.1 Å². The van der Waals surface area contributed by atoms with Crippen LogP contribution in [0.3, 0.4) is 0 Å². The Morgan fingerprint density at radius 2 is 1.65 bits per heavy atom. The zero-order valence-electron chi connectivity index (χ0n) is 18.6. The van der Waals surface area contributed by atoms with Crippen molar-refractivity contribution < 1.29 is 9.59 Å². The van der Waals surface area contributed by atoms with E-state index in [0.717, 1.165) is 16.8 Å². The quantitative estimate of drug-likeness (QED) is 0.329. The van der Waals surface area contributed by atoms with E-state index in [2.05, 4.69) is 20.8 Å². The van der Waals surface area contributed by atoms with Crippen LogP contribution < -0.4 is 10.6 Å². The summed E-state index contributed by atoms with van der Waals surface area (Å²) in [6.07, 6.45) is 0. The van der Waals surface area contributed by atoms with Gasteiger partial charge in [-0.15, -0.1) is 10.2 Å². The van der Waals surface area contributed by atoms with Crippen LogP contribution in [0.4, 0.5) is 11.4 Å². The molecule has 0 bridgehead atoms. The van der Waals surface area contributed by atoms with Gasteiger partial charge in [-0.05, 0) is 55.5 Å². The summed E-state index contributed by atoms with van der Waals surface area (Å²) in [7, 11) is 0. The number of halogens is 1. The van der Waals surface area contributed by atoms with Crippen molar-refractivity contribution in [3.05, 3.63) is 83.4 Å². The molecular formula is C25H22ClN5O2S. The molecule has 172 valence electrons. The maximum absolute atomic E-state index is 12.6. The third-order valence-electron chi connectivity index (χ3n) is 4.79. The highest BCUT2D eigenvalue weighted by Gasteiger charge is 2.17. The summed E-state index contributed by atoms with van der Waals surface area (Å²) < 4.78 is 1.92. The van der Waals surface area contributed by atoms with Gasteiger partial charge in [0.25, 0.3) is 0 Å². The number of aromatic nitrogens is 3. The number of hydrogen-bond donors (Lipinski definition) is 2. The summed E-state index contributed by atoms with van der Waals surface area (Å²) in [6.45, 7) is 3.46. The molecule has 0 aliphatic rings. The lowest BCUT2D eigenvalue weighted by Crippen LogP contribution is -2.15. The summed E-state index contributed by atoms with van der Waals surface area (Å²) in [6, 6.07) is 22.4. The molecule has 0 aliphatic heterocycles. The first-order chi connectivity index (χ1) is 16.4. The molecule has 0 fully saturated rings. The average Bonchev–Trinajstić information content (AvgIpc) is 3.22. The van der Waals surface area contributed by atoms with Gasteiger partial charge in [0, 0.05) is 34.6 Å². The third-order valence-corrected chi connectivity index (χ3v) is 5.97. The fraction of sp³-hybridized carbons (Fsp3) is 0.120. The van der Waals surface area contributed by atoms with Crippen molar-refractivity contribution in [1.29, 1.82) is 0 Å². The highest BCUT2D eigenvalue weighted by atomic mass is 35.5. The maximum atomic E-state index is 12.6. The van der Waals surface area contributed by atoms with Gasteiger partial charge >= 0.3 is 0 Å². The maximum Gasteiger partial charge on any atom is 0.234 e. The van der Waals surface area contributed by atoms with Gasteiger partial charge in [-0.3, -0.25) is 14.2 Å². The SMILES string of the molecule is CC(=O)Nc1cccc(NC(=O)CSc2nnc(-c3cccc(C)c3)n2-c2ccc(Cl)cc2)c1. The van der Waals surface area contributed by atoms with Crippen LogP contribution in [0, 0.1) is 6.92 Å². The second kappa shape index (κ2) is 10.5. The largest absolute Gasteiger partial charge is 0.326 e. The molecule has 2 N–H and O–H groups in total. The van der Waals surface area contributed by atoms with E-state index in [1.807, 2.05) is 47.9 Å². The first-order valence-corrected chi connectivity index (χ1v) is 11.8. The van der Waals surface area contributed by atoms with Crippen LogP contribution in [-0.2, 0) is 9.59 Å². The van der Waals surface area contributed by atoms with Gasteiger partial charge in [0.2, 0.25) is 11.8 Å². The van der Waals surface area contributed by atoms with Crippen molar-refractivity contribution in [2.75, 3.05) is 16.4 Å². The molecule has 2 amide bonds. The number of nitrogens with one attached hydrogen (secondary N) is 2. The van der Waals surface area contributed by atoms with Crippen LogP contribution >= 0.6 is 23.4 Å². The predicted molar refractivity (Wildman–Crippen MR) is 137 cm³/mol. The van der Waals surface area contributed by atoms with E-state index in [0.29, 0.717) is 27.4 Å². The van der Waals surface area contributed by atoms with Crippen LogP contribution in [0.15, 0.2) is 78.0 Å². The van der Waals surface area contributed by atoms with Gasteiger partial charge < -0.3 is 10.6 Å². The molecule has 0 saturated carbocycles. The zero-order chi connectivity index (χ0) is 24.1. The van der Waals surface area contributed by atoms with E-state index < -0.39 is 0 Å². The molecule has 0 radical (unpaired) electrons. The number of nitrogens with zero attached hydrogens (tertiary/aromatic N) is 3. The third kappa shape index (κ3) is 5.84. The summed E-state index contributed by atoms with van der Waals surface area (Å²) in [5.74, 6) is 0.429. The molecule has 3 aromatic carbocycles. The number of hydrogen-bond acceptors (Lipinski definition) is 5. The zero-order valence-corrected chi connectivity index (χ0v) is 20.2. The van der Waals surface area contributed by atoms with Gasteiger partial charge in [-0.25, -0.2) is 0 Å². The first kappa shape index (κ1) is 23.5. The number of anilines is 2. The first-order valence-electron chi connectivity index (χ1n) is 10.5. The van der Waals surface area contributed by atoms with Gasteiger partial charge in [0.15, 0.2) is 11.0 Å². The second-order valence-corrected chi connectivity index (χ2v) is 8.97. The number of carbonyl (C=O) groups is 2. The van der Waals surface area contributed by atoms with E-state index in [1.165, 1.54) is 18.7 Å². The summed E-state index contributed by atoms with van der Waals surface area (Å²) >= 11 is 7.37. The molecule has 1 heterocycles. The highest BCUT2D eigenvalue weighted by Crippen LogP contribution is 2.29. The fourth-order valence-corrected chi connectivity index (χ4v) is 4.24. The summed E-state index contributed by atoms with van der Waals surface area (Å²) in [5, 5.41) is 15.5. The minimum absolute atomic E-state index is 0.129. The van der Waals surface area contributed by atoms with E-state index in [1.54, 1.807) is 36.4 Å². The van der Waals surface area contributed by atoms with Crippen LogP contribution in [0.2, 0.25) is 5.02 Å². The van der Waals surface area contributed by atoms with Crippen molar-refractivity contribution >= 4 is 46.6 Å². The Morgan fingerprint density at radius 3 is 2.35 bits per heavy atom.